The standard InChI is InChI=1S/C19H26N2O3S/c1-15-9-11-18(12-10-15)25(23,24)20-13-14-21(3)16(2)19(22)17-7-5-4-6-8-17/h4-12,16,19-20,22H,13-14H2,1-3H3/t16-,19+/m0/s1. The van der Waals surface area contributed by atoms with Gasteiger partial charge in [0.2, 0.25) is 10.0 Å². The van der Waals surface area contributed by atoms with Crippen molar-refractivity contribution in [3.05, 3.63) is 65.7 Å². The van der Waals surface area contributed by atoms with Gasteiger partial charge in [-0.2, -0.15) is 0 Å². The SMILES string of the molecule is Cc1ccc(S(=O)(=O)NCCN(C)[C@@H](C)[C@@H](O)c2ccccc2)cc1. The van der Waals surface area contributed by atoms with Crippen LogP contribution in [0.4, 0.5) is 0 Å². The van der Waals surface area contributed by atoms with Gasteiger partial charge in [0.15, 0.2) is 0 Å². The maximum atomic E-state index is 12.3. The molecule has 0 aliphatic rings. The van der Waals surface area contributed by atoms with Crippen molar-refractivity contribution in [1.82, 2.24) is 9.62 Å². The predicted molar refractivity (Wildman–Crippen MR) is 99.9 cm³/mol. The molecule has 136 valence electrons. The van der Waals surface area contributed by atoms with Gasteiger partial charge in [-0.15, -0.1) is 0 Å². The number of benzene rings is 2. The van der Waals surface area contributed by atoms with Crippen LogP contribution in [0.15, 0.2) is 59.5 Å². The second-order valence-electron chi connectivity index (χ2n) is 6.29. The average molecular weight is 362 g/mol. The molecule has 2 rings (SSSR count). The molecule has 0 amide bonds. The molecule has 0 fully saturated rings. The summed E-state index contributed by atoms with van der Waals surface area (Å²) in [7, 11) is -1.64. The Morgan fingerprint density at radius 1 is 1.08 bits per heavy atom. The Kier molecular flexibility index (Phi) is 6.72. The number of aliphatic hydroxyl groups is 1. The van der Waals surface area contributed by atoms with Gasteiger partial charge < -0.3 is 5.11 Å². The van der Waals surface area contributed by atoms with Gasteiger partial charge in [-0.25, -0.2) is 13.1 Å². The Morgan fingerprint density at radius 2 is 1.68 bits per heavy atom. The van der Waals surface area contributed by atoms with Gasteiger partial charge >= 0.3 is 0 Å². The minimum atomic E-state index is -3.51. The van der Waals surface area contributed by atoms with Crippen LogP contribution in [0, 0.1) is 6.92 Å². The summed E-state index contributed by atoms with van der Waals surface area (Å²) < 4.78 is 27.2. The van der Waals surface area contributed by atoms with E-state index in [1.807, 2.05) is 56.1 Å². The average Bonchev–Trinajstić information content (AvgIpc) is 2.61. The molecule has 2 atom stereocenters. The number of sulfonamides is 1. The quantitative estimate of drug-likeness (QED) is 0.756. The second kappa shape index (κ2) is 8.58. The summed E-state index contributed by atoms with van der Waals surface area (Å²) >= 11 is 0. The fourth-order valence-corrected chi connectivity index (χ4v) is 3.55. The highest BCUT2D eigenvalue weighted by molar-refractivity contribution is 7.89. The summed E-state index contributed by atoms with van der Waals surface area (Å²) in [5, 5.41) is 10.4. The first-order valence-electron chi connectivity index (χ1n) is 8.31. The molecule has 0 radical (unpaired) electrons. The van der Waals surface area contributed by atoms with E-state index in [1.165, 1.54) is 0 Å². The molecule has 0 bridgehead atoms. The lowest BCUT2D eigenvalue weighted by molar-refractivity contribution is 0.0738. The molecule has 0 heterocycles. The third-order valence-corrected chi connectivity index (χ3v) is 5.86. The van der Waals surface area contributed by atoms with Gasteiger partial charge in [0.1, 0.15) is 0 Å². The highest BCUT2D eigenvalue weighted by Crippen LogP contribution is 2.19. The van der Waals surface area contributed by atoms with Crippen molar-refractivity contribution in [3.63, 3.8) is 0 Å². The van der Waals surface area contributed by atoms with Gasteiger partial charge in [0.05, 0.1) is 11.0 Å². The first-order chi connectivity index (χ1) is 11.8. The fraction of sp³-hybridized carbons (Fsp3) is 0.368. The van der Waals surface area contributed by atoms with Gasteiger partial charge in [-0.05, 0) is 38.6 Å². The predicted octanol–water partition coefficient (Wildman–Crippen LogP) is 2.33. The summed E-state index contributed by atoms with van der Waals surface area (Å²) in [6, 6.07) is 16.1. The first-order valence-corrected chi connectivity index (χ1v) is 9.79. The van der Waals surface area contributed by atoms with Gasteiger partial charge in [0.25, 0.3) is 0 Å². The van der Waals surface area contributed by atoms with E-state index < -0.39 is 16.1 Å². The smallest absolute Gasteiger partial charge is 0.240 e. The van der Waals surface area contributed by atoms with E-state index in [-0.39, 0.29) is 17.5 Å². The fourth-order valence-electron chi connectivity index (χ4n) is 2.53. The lowest BCUT2D eigenvalue weighted by Crippen LogP contribution is -2.40. The van der Waals surface area contributed by atoms with E-state index in [0.29, 0.717) is 6.54 Å². The summed E-state index contributed by atoms with van der Waals surface area (Å²) in [4.78, 5) is 2.20. The molecule has 0 spiro atoms. The van der Waals surface area contributed by atoms with Gasteiger partial charge in [-0.1, -0.05) is 48.0 Å². The zero-order chi connectivity index (χ0) is 18.4. The Morgan fingerprint density at radius 3 is 2.28 bits per heavy atom. The lowest BCUT2D eigenvalue weighted by Gasteiger charge is -2.29. The Hall–Kier alpha value is -1.73. The van der Waals surface area contributed by atoms with Crippen molar-refractivity contribution >= 4 is 10.0 Å². The van der Waals surface area contributed by atoms with Crippen molar-refractivity contribution in [2.45, 2.75) is 30.9 Å². The number of aryl methyl sites for hydroxylation is 1. The molecule has 5 nitrogen and oxygen atoms in total. The Labute approximate surface area is 150 Å². The van der Waals surface area contributed by atoms with Crippen LogP contribution in [-0.4, -0.2) is 44.6 Å². The molecule has 6 heteroatoms. The molecule has 0 aliphatic heterocycles. The number of aliphatic hydroxyl groups excluding tert-OH is 1. The molecule has 2 aromatic rings. The molecule has 0 unspecified atom stereocenters. The molecular formula is C19H26N2O3S. The molecule has 0 saturated heterocycles. The molecule has 25 heavy (non-hydrogen) atoms. The van der Waals surface area contributed by atoms with Crippen LogP contribution < -0.4 is 4.72 Å². The topological polar surface area (TPSA) is 69.6 Å². The van der Waals surface area contributed by atoms with Crippen LogP contribution in [0.1, 0.15) is 24.2 Å². The molecule has 0 aromatic heterocycles. The molecule has 0 aliphatic carbocycles. The summed E-state index contributed by atoms with van der Waals surface area (Å²) in [5.74, 6) is 0. The van der Waals surface area contributed by atoms with Crippen LogP contribution in [0.3, 0.4) is 0 Å². The minimum Gasteiger partial charge on any atom is -0.387 e. The largest absolute Gasteiger partial charge is 0.387 e. The van der Waals surface area contributed by atoms with Crippen molar-refractivity contribution in [3.8, 4) is 0 Å². The summed E-state index contributed by atoms with van der Waals surface area (Å²) in [6.07, 6.45) is -0.625. The molecule has 2 aromatic carbocycles. The monoisotopic (exact) mass is 362 g/mol. The van der Waals surface area contributed by atoms with E-state index in [0.717, 1.165) is 11.1 Å². The van der Waals surface area contributed by atoms with E-state index in [9.17, 15) is 13.5 Å². The lowest BCUT2D eigenvalue weighted by atomic mass is 10.0. The van der Waals surface area contributed by atoms with Gasteiger partial charge in [0, 0.05) is 19.1 Å². The van der Waals surface area contributed by atoms with Crippen molar-refractivity contribution in [2.24, 2.45) is 0 Å². The first kappa shape index (κ1) is 19.6. The number of rotatable bonds is 8. The van der Waals surface area contributed by atoms with E-state index in [1.54, 1.807) is 24.3 Å². The highest BCUT2D eigenvalue weighted by atomic mass is 32.2. The van der Waals surface area contributed by atoms with Crippen LogP contribution in [-0.2, 0) is 10.0 Å². The second-order valence-corrected chi connectivity index (χ2v) is 8.05. The maximum absolute atomic E-state index is 12.3. The third-order valence-electron chi connectivity index (χ3n) is 4.38. The molecular weight excluding hydrogens is 336 g/mol. The van der Waals surface area contributed by atoms with Crippen molar-refractivity contribution in [1.29, 1.82) is 0 Å². The van der Waals surface area contributed by atoms with Crippen LogP contribution >= 0.6 is 0 Å². The number of hydrogen-bond acceptors (Lipinski definition) is 4. The van der Waals surface area contributed by atoms with Gasteiger partial charge in [-0.3, -0.25) is 4.90 Å². The Balaban J connectivity index is 1.89. The highest BCUT2D eigenvalue weighted by Gasteiger charge is 2.21. The zero-order valence-electron chi connectivity index (χ0n) is 14.9. The van der Waals surface area contributed by atoms with E-state index in [2.05, 4.69) is 4.72 Å². The van der Waals surface area contributed by atoms with Crippen molar-refractivity contribution < 1.29 is 13.5 Å². The van der Waals surface area contributed by atoms with Crippen LogP contribution in [0.5, 0.6) is 0 Å². The zero-order valence-corrected chi connectivity index (χ0v) is 15.7. The Bertz CT molecular complexity index is 761. The van der Waals surface area contributed by atoms with Crippen molar-refractivity contribution in [2.75, 3.05) is 20.1 Å². The molecule has 0 saturated carbocycles. The minimum absolute atomic E-state index is 0.133. The maximum Gasteiger partial charge on any atom is 0.240 e. The molecule has 2 N–H and O–H groups in total. The number of nitrogens with zero attached hydrogens (tertiary/aromatic N) is 1. The summed E-state index contributed by atoms with van der Waals surface area (Å²) in [5.41, 5.74) is 1.87. The number of nitrogens with one attached hydrogen (secondary N) is 1. The van der Waals surface area contributed by atoms with Crippen LogP contribution in [0.2, 0.25) is 0 Å². The normalized spacial score (nSPS) is 14.4. The van der Waals surface area contributed by atoms with E-state index in [4.69, 9.17) is 0 Å². The van der Waals surface area contributed by atoms with Crippen LogP contribution in [0.25, 0.3) is 0 Å². The summed E-state index contributed by atoms with van der Waals surface area (Å²) in [6.45, 7) is 4.61. The van der Waals surface area contributed by atoms with E-state index >= 15 is 0 Å². The number of likely N-dealkylation sites (N-methyl/N-ethyl adjacent to an activating group) is 1. The third kappa shape index (κ3) is 5.37. The number of hydrogen-bond donors (Lipinski definition) is 2.